The van der Waals surface area contributed by atoms with Crippen LogP contribution in [0.4, 0.5) is 0 Å². The number of amides is 1. The first-order chi connectivity index (χ1) is 13.6. The number of aromatic nitrogens is 3. The lowest BCUT2D eigenvalue weighted by atomic mass is 9.97. The lowest BCUT2D eigenvalue weighted by Gasteiger charge is -2.32. The number of carbonyl (C=O) groups is 1. The van der Waals surface area contributed by atoms with E-state index in [9.17, 15) is 4.79 Å². The normalized spacial score (nSPS) is 15.1. The summed E-state index contributed by atoms with van der Waals surface area (Å²) in [4.78, 5) is 26.4. The first-order valence-electron chi connectivity index (χ1n) is 9.85. The maximum Gasteiger partial charge on any atom is 0.227 e. The Morgan fingerprint density at radius 3 is 2.82 bits per heavy atom. The summed E-state index contributed by atoms with van der Waals surface area (Å²) in [5.74, 6) is 1.32. The van der Waals surface area contributed by atoms with E-state index in [0.717, 1.165) is 53.7 Å². The summed E-state index contributed by atoms with van der Waals surface area (Å²) in [7, 11) is 0. The standard InChI is InChI=1S/C22H26N4O2/c1-15-16(2)24-14-25-22(15)28-13-17-7-9-26(10-8-17)21(27)11-18-12-23-20-6-4-3-5-19(18)20/h3-6,12,14,17,23H,7-11,13H2,1-2H3. The number of aryl methyl sites for hydroxylation is 1. The highest BCUT2D eigenvalue weighted by molar-refractivity contribution is 5.88. The molecular weight excluding hydrogens is 352 g/mol. The van der Waals surface area contributed by atoms with E-state index < -0.39 is 0 Å². The van der Waals surface area contributed by atoms with Gasteiger partial charge in [0.15, 0.2) is 0 Å². The lowest BCUT2D eigenvalue weighted by Crippen LogP contribution is -2.40. The van der Waals surface area contributed by atoms with E-state index in [2.05, 4.69) is 21.0 Å². The van der Waals surface area contributed by atoms with Gasteiger partial charge in [0.1, 0.15) is 6.33 Å². The van der Waals surface area contributed by atoms with Crippen molar-refractivity contribution in [2.45, 2.75) is 33.1 Å². The molecule has 0 atom stereocenters. The smallest absolute Gasteiger partial charge is 0.227 e. The number of H-pyrrole nitrogens is 1. The van der Waals surface area contributed by atoms with Crippen LogP contribution in [0.1, 0.15) is 29.7 Å². The van der Waals surface area contributed by atoms with Crippen LogP contribution in [0.2, 0.25) is 0 Å². The fourth-order valence-electron chi connectivity index (χ4n) is 3.76. The molecule has 1 fully saturated rings. The number of fused-ring (bicyclic) bond motifs is 1. The molecule has 0 bridgehead atoms. The van der Waals surface area contributed by atoms with Gasteiger partial charge in [0, 0.05) is 41.4 Å². The number of likely N-dealkylation sites (tertiary alicyclic amines) is 1. The van der Waals surface area contributed by atoms with E-state index in [1.165, 1.54) is 0 Å². The number of hydrogen-bond donors (Lipinski definition) is 1. The number of hydrogen-bond acceptors (Lipinski definition) is 4. The van der Waals surface area contributed by atoms with Crippen molar-refractivity contribution in [2.75, 3.05) is 19.7 Å². The van der Waals surface area contributed by atoms with Crippen molar-refractivity contribution in [3.05, 3.63) is 53.6 Å². The van der Waals surface area contributed by atoms with Gasteiger partial charge < -0.3 is 14.6 Å². The van der Waals surface area contributed by atoms with Gasteiger partial charge in [-0.15, -0.1) is 0 Å². The molecule has 146 valence electrons. The largest absolute Gasteiger partial charge is 0.477 e. The van der Waals surface area contributed by atoms with Crippen LogP contribution in [0.15, 0.2) is 36.8 Å². The van der Waals surface area contributed by atoms with E-state index in [0.29, 0.717) is 24.8 Å². The molecule has 1 aliphatic rings. The Hall–Kier alpha value is -2.89. The van der Waals surface area contributed by atoms with E-state index in [1.807, 2.05) is 43.1 Å². The molecule has 0 radical (unpaired) electrons. The van der Waals surface area contributed by atoms with Gasteiger partial charge in [-0.05, 0) is 44.2 Å². The maximum atomic E-state index is 12.7. The number of carbonyl (C=O) groups excluding carboxylic acids is 1. The Labute approximate surface area is 164 Å². The second kappa shape index (κ2) is 8.00. The zero-order valence-corrected chi connectivity index (χ0v) is 16.4. The second-order valence-corrected chi connectivity index (χ2v) is 7.56. The summed E-state index contributed by atoms with van der Waals surface area (Å²) >= 11 is 0. The third kappa shape index (κ3) is 3.86. The zero-order chi connectivity index (χ0) is 19.5. The van der Waals surface area contributed by atoms with Crippen LogP contribution in [0.3, 0.4) is 0 Å². The van der Waals surface area contributed by atoms with Gasteiger partial charge in [-0.1, -0.05) is 18.2 Å². The van der Waals surface area contributed by atoms with Gasteiger partial charge in [0.25, 0.3) is 0 Å². The molecule has 3 aromatic rings. The highest BCUT2D eigenvalue weighted by Crippen LogP contribution is 2.23. The van der Waals surface area contributed by atoms with Gasteiger partial charge in [0.2, 0.25) is 11.8 Å². The van der Waals surface area contributed by atoms with Crippen LogP contribution >= 0.6 is 0 Å². The molecule has 0 saturated carbocycles. The predicted molar refractivity (Wildman–Crippen MR) is 108 cm³/mol. The molecular formula is C22H26N4O2. The summed E-state index contributed by atoms with van der Waals surface area (Å²) in [5.41, 5.74) is 4.09. The predicted octanol–water partition coefficient (Wildman–Crippen LogP) is 3.43. The Morgan fingerprint density at radius 2 is 2.00 bits per heavy atom. The van der Waals surface area contributed by atoms with E-state index in [-0.39, 0.29) is 5.91 Å². The van der Waals surface area contributed by atoms with Crippen molar-refractivity contribution >= 4 is 16.8 Å². The fraction of sp³-hybridized carbons (Fsp3) is 0.409. The monoisotopic (exact) mass is 378 g/mol. The van der Waals surface area contributed by atoms with Gasteiger partial charge >= 0.3 is 0 Å². The molecule has 6 nitrogen and oxygen atoms in total. The number of nitrogens with zero attached hydrogens (tertiary/aromatic N) is 3. The van der Waals surface area contributed by atoms with Crippen molar-refractivity contribution in [2.24, 2.45) is 5.92 Å². The van der Waals surface area contributed by atoms with Crippen molar-refractivity contribution < 1.29 is 9.53 Å². The van der Waals surface area contributed by atoms with Crippen LogP contribution in [-0.4, -0.2) is 45.5 Å². The van der Waals surface area contributed by atoms with Crippen LogP contribution in [-0.2, 0) is 11.2 Å². The van der Waals surface area contributed by atoms with Crippen molar-refractivity contribution in [3.63, 3.8) is 0 Å². The van der Waals surface area contributed by atoms with Crippen LogP contribution in [0.5, 0.6) is 5.88 Å². The molecule has 1 amide bonds. The molecule has 2 aromatic heterocycles. The quantitative estimate of drug-likeness (QED) is 0.738. The van der Waals surface area contributed by atoms with Crippen molar-refractivity contribution in [1.29, 1.82) is 0 Å². The summed E-state index contributed by atoms with van der Waals surface area (Å²) in [5, 5.41) is 1.13. The van der Waals surface area contributed by atoms with E-state index in [4.69, 9.17) is 4.74 Å². The summed E-state index contributed by atoms with van der Waals surface area (Å²) in [6, 6.07) is 8.11. The highest BCUT2D eigenvalue weighted by Gasteiger charge is 2.24. The summed E-state index contributed by atoms with van der Waals surface area (Å²) < 4.78 is 5.93. The van der Waals surface area contributed by atoms with Gasteiger partial charge in [-0.25, -0.2) is 9.97 Å². The molecule has 1 aliphatic heterocycles. The molecule has 6 heteroatoms. The number of ether oxygens (including phenoxy) is 1. The Kier molecular flexibility index (Phi) is 5.28. The molecule has 28 heavy (non-hydrogen) atoms. The van der Waals surface area contributed by atoms with Gasteiger partial charge in [-0.2, -0.15) is 0 Å². The first kappa shape index (κ1) is 18.5. The Morgan fingerprint density at radius 1 is 1.21 bits per heavy atom. The van der Waals surface area contributed by atoms with Gasteiger partial charge in [-0.3, -0.25) is 4.79 Å². The molecule has 3 heterocycles. The van der Waals surface area contributed by atoms with Crippen LogP contribution in [0.25, 0.3) is 10.9 Å². The average molecular weight is 378 g/mol. The topological polar surface area (TPSA) is 71.1 Å². The third-order valence-corrected chi connectivity index (χ3v) is 5.73. The van der Waals surface area contributed by atoms with E-state index >= 15 is 0 Å². The number of aromatic amines is 1. The molecule has 0 unspecified atom stereocenters. The third-order valence-electron chi connectivity index (χ3n) is 5.73. The molecule has 0 spiro atoms. The number of benzene rings is 1. The van der Waals surface area contributed by atoms with E-state index in [1.54, 1.807) is 6.33 Å². The fourth-order valence-corrected chi connectivity index (χ4v) is 3.76. The Balaban J connectivity index is 1.29. The summed E-state index contributed by atoms with van der Waals surface area (Å²) in [6.07, 6.45) is 5.87. The number of rotatable bonds is 5. The minimum atomic E-state index is 0.200. The SMILES string of the molecule is Cc1ncnc(OCC2CCN(C(=O)Cc3c[nH]c4ccccc34)CC2)c1C. The first-order valence-corrected chi connectivity index (χ1v) is 9.85. The van der Waals surface area contributed by atoms with Crippen LogP contribution in [0, 0.1) is 19.8 Å². The van der Waals surface area contributed by atoms with Crippen LogP contribution < -0.4 is 4.74 Å². The van der Waals surface area contributed by atoms with Crippen molar-refractivity contribution in [1.82, 2.24) is 19.9 Å². The van der Waals surface area contributed by atoms with Crippen molar-refractivity contribution in [3.8, 4) is 5.88 Å². The molecule has 1 N–H and O–H groups in total. The minimum absolute atomic E-state index is 0.200. The number of para-hydroxylation sites is 1. The molecule has 1 saturated heterocycles. The second-order valence-electron chi connectivity index (χ2n) is 7.56. The molecule has 1 aromatic carbocycles. The molecule has 0 aliphatic carbocycles. The average Bonchev–Trinajstić information content (AvgIpc) is 3.12. The molecule has 4 rings (SSSR count). The maximum absolute atomic E-state index is 12.7. The summed E-state index contributed by atoms with van der Waals surface area (Å²) in [6.45, 7) is 6.16. The Bertz CT molecular complexity index is 974. The highest BCUT2D eigenvalue weighted by atomic mass is 16.5. The number of piperidine rings is 1. The lowest BCUT2D eigenvalue weighted by molar-refractivity contribution is -0.132. The van der Waals surface area contributed by atoms with Gasteiger partial charge in [0.05, 0.1) is 13.0 Å². The number of nitrogens with one attached hydrogen (secondary N) is 1. The minimum Gasteiger partial charge on any atom is -0.477 e. The zero-order valence-electron chi connectivity index (χ0n) is 16.4.